The number of nitrogen functional groups attached to an aromatic ring is 1. The summed E-state index contributed by atoms with van der Waals surface area (Å²) in [6.07, 6.45) is 0. The van der Waals surface area contributed by atoms with Crippen molar-refractivity contribution in [3.63, 3.8) is 0 Å². The number of anilines is 1. The number of aromatic nitrogens is 2. The summed E-state index contributed by atoms with van der Waals surface area (Å²) >= 11 is 1.79. The molecule has 0 aliphatic rings. The van der Waals surface area contributed by atoms with Crippen molar-refractivity contribution in [2.75, 3.05) is 5.73 Å². The van der Waals surface area contributed by atoms with Gasteiger partial charge in [-0.2, -0.15) is 16.7 Å². The maximum absolute atomic E-state index is 5.87. The summed E-state index contributed by atoms with van der Waals surface area (Å²) in [6, 6.07) is 5.70. The summed E-state index contributed by atoms with van der Waals surface area (Å²) in [5.74, 6) is 2.03. The number of nitrogens with zero attached hydrogens (tertiary/aromatic N) is 2. The quantitative estimate of drug-likeness (QED) is 0.858. The molecule has 0 atom stereocenters. The van der Waals surface area contributed by atoms with Crippen LogP contribution in [-0.4, -0.2) is 15.4 Å². The Hall–Kier alpha value is -1.49. The van der Waals surface area contributed by atoms with Crippen LogP contribution >= 0.6 is 11.8 Å². The van der Waals surface area contributed by atoms with Gasteiger partial charge in [-0.25, -0.2) is 0 Å². The Morgan fingerprint density at radius 2 is 2.17 bits per heavy atom. The highest BCUT2D eigenvalue weighted by Crippen LogP contribution is 2.26. The van der Waals surface area contributed by atoms with E-state index in [-0.39, 0.29) is 0 Å². The zero-order valence-corrected chi connectivity index (χ0v) is 11.6. The Morgan fingerprint density at radius 3 is 2.89 bits per heavy atom. The lowest BCUT2D eigenvalue weighted by Gasteiger charge is -2.03. The molecule has 0 saturated heterocycles. The van der Waals surface area contributed by atoms with Crippen LogP contribution in [0.5, 0.6) is 0 Å². The maximum atomic E-state index is 5.87. The van der Waals surface area contributed by atoms with Crippen LogP contribution in [0, 0.1) is 6.92 Å². The molecule has 18 heavy (non-hydrogen) atoms. The molecule has 1 heterocycles. The van der Waals surface area contributed by atoms with Crippen molar-refractivity contribution < 1.29 is 4.52 Å². The first-order valence-electron chi connectivity index (χ1n) is 5.87. The van der Waals surface area contributed by atoms with Gasteiger partial charge in [0.25, 0.3) is 5.89 Å². The number of thioether (sulfide) groups is 1. The third kappa shape index (κ3) is 2.85. The lowest BCUT2D eigenvalue weighted by molar-refractivity contribution is 0.425. The summed E-state index contributed by atoms with van der Waals surface area (Å²) in [4.78, 5) is 4.40. The SMILES string of the molecule is Cc1c(N)cccc1-c1nc(CSC(C)C)no1. The number of hydrogen-bond acceptors (Lipinski definition) is 5. The van der Waals surface area contributed by atoms with Crippen molar-refractivity contribution in [2.45, 2.75) is 31.8 Å². The minimum atomic E-state index is 0.541. The first-order chi connectivity index (χ1) is 8.58. The summed E-state index contributed by atoms with van der Waals surface area (Å²) < 4.78 is 5.29. The molecule has 0 saturated carbocycles. The summed E-state index contributed by atoms with van der Waals surface area (Å²) in [5, 5.41) is 4.54. The van der Waals surface area contributed by atoms with Crippen LogP contribution in [0.2, 0.25) is 0 Å². The Balaban J connectivity index is 2.21. The molecule has 2 N–H and O–H groups in total. The highest BCUT2D eigenvalue weighted by molar-refractivity contribution is 7.99. The Morgan fingerprint density at radius 1 is 1.39 bits per heavy atom. The Labute approximate surface area is 111 Å². The van der Waals surface area contributed by atoms with Gasteiger partial charge in [-0.05, 0) is 29.9 Å². The smallest absolute Gasteiger partial charge is 0.258 e. The second kappa shape index (κ2) is 5.44. The predicted octanol–water partition coefficient (Wildman–Crippen LogP) is 3.27. The van der Waals surface area contributed by atoms with E-state index in [0.29, 0.717) is 11.1 Å². The van der Waals surface area contributed by atoms with Crippen LogP contribution < -0.4 is 5.73 Å². The average Bonchev–Trinajstić information content (AvgIpc) is 2.78. The van der Waals surface area contributed by atoms with Gasteiger partial charge in [0.15, 0.2) is 5.82 Å². The van der Waals surface area contributed by atoms with E-state index in [1.165, 1.54) is 0 Å². The molecule has 0 unspecified atom stereocenters. The van der Waals surface area contributed by atoms with E-state index in [1.807, 2.05) is 25.1 Å². The topological polar surface area (TPSA) is 64.9 Å². The highest BCUT2D eigenvalue weighted by atomic mass is 32.2. The predicted molar refractivity (Wildman–Crippen MR) is 75.3 cm³/mol. The van der Waals surface area contributed by atoms with Gasteiger partial charge in [-0.3, -0.25) is 0 Å². The number of hydrogen-bond donors (Lipinski definition) is 1. The zero-order valence-electron chi connectivity index (χ0n) is 10.8. The average molecular weight is 263 g/mol. The molecule has 0 aliphatic heterocycles. The molecular weight excluding hydrogens is 246 g/mol. The van der Waals surface area contributed by atoms with Crippen molar-refractivity contribution in [1.29, 1.82) is 0 Å². The summed E-state index contributed by atoms with van der Waals surface area (Å²) in [5.41, 5.74) is 8.49. The van der Waals surface area contributed by atoms with E-state index < -0.39 is 0 Å². The molecule has 0 amide bonds. The molecule has 0 aliphatic carbocycles. The van der Waals surface area contributed by atoms with Crippen molar-refractivity contribution in [1.82, 2.24) is 10.1 Å². The molecule has 1 aromatic heterocycles. The van der Waals surface area contributed by atoms with E-state index in [2.05, 4.69) is 24.0 Å². The van der Waals surface area contributed by atoms with Crippen LogP contribution in [0.4, 0.5) is 5.69 Å². The zero-order chi connectivity index (χ0) is 13.1. The Kier molecular flexibility index (Phi) is 3.91. The molecule has 0 radical (unpaired) electrons. The van der Waals surface area contributed by atoms with E-state index in [4.69, 9.17) is 10.3 Å². The largest absolute Gasteiger partial charge is 0.398 e. The normalized spacial score (nSPS) is 11.1. The fourth-order valence-electron chi connectivity index (χ4n) is 1.55. The molecule has 0 fully saturated rings. The third-order valence-corrected chi connectivity index (χ3v) is 3.71. The van der Waals surface area contributed by atoms with Gasteiger partial charge in [0.1, 0.15) is 0 Å². The number of nitrogens with two attached hydrogens (primary N) is 1. The van der Waals surface area contributed by atoms with E-state index >= 15 is 0 Å². The second-order valence-electron chi connectivity index (χ2n) is 4.40. The van der Waals surface area contributed by atoms with Crippen LogP contribution in [0.1, 0.15) is 25.2 Å². The highest BCUT2D eigenvalue weighted by Gasteiger charge is 2.12. The number of benzene rings is 1. The lowest BCUT2D eigenvalue weighted by atomic mass is 10.1. The van der Waals surface area contributed by atoms with Gasteiger partial charge in [0, 0.05) is 11.3 Å². The van der Waals surface area contributed by atoms with Crippen molar-refractivity contribution >= 4 is 17.4 Å². The molecular formula is C13H17N3OS. The fourth-order valence-corrected chi connectivity index (χ4v) is 2.15. The first kappa shape index (κ1) is 13.0. The van der Waals surface area contributed by atoms with Crippen molar-refractivity contribution in [3.05, 3.63) is 29.6 Å². The van der Waals surface area contributed by atoms with Crippen molar-refractivity contribution in [2.24, 2.45) is 0 Å². The van der Waals surface area contributed by atoms with Gasteiger partial charge < -0.3 is 10.3 Å². The van der Waals surface area contributed by atoms with Crippen LogP contribution in [0.15, 0.2) is 22.7 Å². The monoisotopic (exact) mass is 263 g/mol. The minimum Gasteiger partial charge on any atom is -0.398 e. The van der Waals surface area contributed by atoms with Gasteiger partial charge >= 0.3 is 0 Å². The van der Waals surface area contributed by atoms with Gasteiger partial charge in [0.05, 0.1) is 5.75 Å². The minimum absolute atomic E-state index is 0.541. The molecule has 96 valence electrons. The third-order valence-electron chi connectivity index (χ3n) is 2.62. The van der Waals surface area contributed by atoms with E-state index in [0.717, 1.165) is 28.4 Å². The molecule has 0 bridgehead atoms. The van der Waals surface area contributed by atoms with Crippen LogP contribution in [0.3, 0.4) is 0 Å². The first-order valence-corrected chi connectivity index (χ1v) is 6.92. The standard InChI is InChI=1S/C13H17N3OS/c1-8(2)18-7-12-15-13(17-16-12)10-5-4-6-11(14)9(10)3/h4-6,8H,7,14H2,1-3H3. The maximum Gasteiger partial charge on any atom is 0.258 e. The molecule has 2 aromatic rings. The van der Waals surface area contributed by atoms with E-state index in [1.54, 1.807) is 11.8 Å². The van der Waals surface area contributed by atoms with Crippen LogP contribution in [0.25, 0.3) is 11.5 Å². The van der Waals surface area contributed by atoms with Gasteiger partial charge in [0.2, 0.25) is 0 Å². The molecule has 1 aromatic carbocycles. The lowest BCUT2D eigenvalue weighted by Crippen LogP contribution is -1.93. The Bertz CT molecular complexity index is 537. The second-order valence-corrected chi connectivity index (χ2v) is 5.96. The molecule has 5 heteroatoms. The molecule has 0 spiro atoms. The molecule has 2 rings (SSSR count). The number of rotatable bonds is 4. The summed E-state index contributed by atoms with van der Waals surface area (Å²) in [7, 11) is 0. The van der Waals surface area contributed by atoms with Gasteiger partial charge in [-0.1, -0.05) is 25.1 Å². The summed E-state index contributed by atoms with van der Waals surface area (Å²) in [6.45, 7) is 6.25. The van der Waals surface area contributed by atoms with Crippen LogP contribution in [-0.2, 0) is 5.75 Å². The van der Waals surface area contributed by atoms with Crippen molar-refractivity contribution in [3.8, 4) is 11.5 Å². The van der Waals surface area contributed by atoms with Gasteiger partial charge in [-0.15, -0.1) is 0 Å². The molecule has 4 nitrogen and oxygen atoms in total. The van der Waals surface area contributed by atoms with E-state index in [9.17, 15) is 0 Å². The fraction of sp³-hybridized carbons (Fsp3) is 0.385.